The van der Waals surface area contributed by atoms with Gasteiger partial charge in [-0.2, -0.15) is 0 Å². The Hall–Kier alpha value is -0.540. The van der Waals surface area contributed by atoms with Gasteiger partial charge in [-0.1, -0.05) is 0 Å². The van der Waals surface area contributed by atoms with Gasteiger partial charge in [-0.05, 0) is 6.08 Å². The van der Waals surface area contributed by atoms with Crippen molar-refractivity contribution in [2.24, 2.45) is 0 Å². The summed E-state index contributed by atoms with van der Waals surface area (Å²) < 4.78 is 0. The lowest BCUT2D eigenvalue weighted by molar-refractivity contribution is 0.186. The van der Waals surface area contributed by atoms with Crippen molar-refractivity contribution in [2.75, 3.05) is 0 Å². The fraction of sp³-hybridized carbons (Fsp3) is 0.333. The number of hydrogen-bond acceptors (Lipinski definition) is 3. The van der Waals surface area contributed by atoms with Crippen LogP contribution in [0.25, 0.3) is 0 Å². The first-order valence-electron chi connectivity index (χ1n) is 1.75. The molecule has 6 heavy (non-hydrogen) atoms. The molecule has 0 amide bonds. The average Bonchev–Trinajstić information content (AvgIpc) is 1.86. The molecule has 0 aromatic rings. The minimum atomic E-state index is -0.495. The second-order valence-electron chi connectivity index (χ2n) is 1.09. The normalized spacial score (nSPS) is 30.5. The highest BCUT2D eigenvalue weighted by molar-refractivity contribution is 4.89. The van der Waals surface area contributed by atoms with E-state index in [4.69, 9.17) is 5.11 Å². The molecule has 0 fully saturated rings. The summed E-state index contributed by atoms with van der Waals surface area (Å²) in [5.74, 6) is 0. The quantitative estimate of drug-likeness (QED) is 0.351. The van der Waals surface area contributed by atoms with E-state index in [1.807, 2.05) is 0 Å². The monoisotopic (exact) mass is 86.0 g/mol. The molecule has 3 heteroatoms. The lowest BCUT2D eigenvalue weighted by Gasteiger charge is -1.95. The standard InChI is InChI=1S/C3H6N2O/c6-3-1-2-4-5-3/h1-6H. The smallest absolute Gasteiger partial charge is 0.142 e. The zero-order chi connectivity index (χ0) is 4.41. The van der Waals surface area contributed by atoms with Gasteiger partial charge in [-0.3, -0.25) is 0 Å². The number of hydrazine groups is 1. The Labute approximate surface area is 35.6 Å². The first-order chi connectivity index (χ1) is 2.89. The molecular formula is C3H6N2O. The average molecular weight is 86.1 g/mol. The molecule has 1 unspecified atom stereocenters. The number of hydrogen-bond donors (Lipinski definition) is 3. The predicted octanol–water partition coefficient (Wildman–Crippen LogP) is -1.07. The summed E-state index contributed by atoms with van der Waals surface area (Å²) >= 11 is 0. The summed E-state index contributed by atoms with van der Waals surface area (Å²) in [4.78, 5) is 0. The Balaban J connectivity index is 2.38. The highest BCUT2D eigenvalue weighted by atomic mass is 16.3. The third-order valence-electron chi connectivity index (χ3n) is 0.593. The Bertz CT molecular complexity index is 71.2. The van der Waals surface area contributed by atoms with Crippen molar-refractivity contribution >= 4 is 0 Å². The first kappa shape index (κ1) is 3.64. The molecule has 34 valence electrons. The third-order valence-corrected chi connectivity index (χ3v) is 0.593. The fourth-order valence-corrected chi connectivity index (χ4v) is 0.321. The molecule has 0 radical (unpaired) electrons. The van der Waals surface area contributed by atoms with Gasteiger partial charge < -0.3 is 10.5 Å². The topological polar surface area (TPSA) is 44.3 Å². The molecule has 3 N–H and O–H groups in total. The van der Waals surface area contributed by atoms with Gasteiger partial charge in [0, 0.05) is 6.20 Å². The second kappa shape index (κ2) is 1.28. The molecule has 1 rings (SSSR count). The molecule has 1 aliphatic rings. The summed E-state index contributed by atoms with van der Waals surface area (Å²) in [6, 6.07) is 0. The van der Waals surface area contributed by atoms with Gasteiger partial charge >= 0.3 is 0 Å². The second-order valence-corrected chi connectivity index (χ2v) is 1.09. The van der Waals surface area contributed by atoms with E-state index in [-0.39, 0.29) is 0 Å². The van der Waals surface area contributed by atoms with Gasteiger partial charge in [0.25, 0.3) is 0 Å². The SMILES string of the molecule is OC1C=CNN1. The highest BCUT2D eigenvalue weighted by Gasteiger charge is 1.97. The van der Waals surface area contributed by atoms with Gasteiger partial charge in [0.1, 0.15) is 6.23 Å². The van der Waals surface area contributed by atoms with Crippen molar-refractivity contribution in [2.45, 2.75) is 6.23 Å². The minimum Gasteiger partial charge on any atom is -0.373 e. The van der Waals surface area contributed by atoms with E-state index in [1.54, 1.807) is 12.3 Å². The number of aliphatic hydroxyl groups is 1. The van der Waals surface area contributed by atoms with E-state index in [2.05, 4.69) is 10.9 Å². The Morgan fingerprint density at radius 2 is 2.50 bits per heavy atom. The largest absolute Gasteiger partial charge is 0.373 e. The summed E-state index contributed by atoms with van der Waals surface area (Å²) in [6.07, 6.45) is 2.76. The molecule has 0 aromatic heterocycles. The van der Waals surface area contributed by atoms with E-state index in [9.17, 15) is 0 Å². The van der Waals surface area contributed by atoms with Gasteiger partial charge in [0.2, 0.25) is 0 Å². The lowest BCUT2D eigenvalue weighted by atomic mass is 10.6. The Kier molecular flexibility index (Phi) is 0.777. The van der Waals surface area contributed by atoms with E-state index in [0.717, 1.165) is 0 Å². The molecule has 0 bridgehead atoms. The van der Waals surface area contributed by atoms with Gasteiger partial charge in [0.05, 0.1) is 0 Å². The summed E-state index contributed by atoms with van der Waals surface area (Å²) in [5, 5.41) is 8.47. The zero-order valence-corrected chi connectivity index (χ0v) is 3.18. The summed E-state index contributed by atoms with van der Waals surface area (Å²) in [7, 11) is 0. The van der Waals surface area contributed by atoms with Crippen LogP contribution in [0.2, 0.25) is 0 Å². The van der Waals surface area contributed by atoms with Crippen LogP contribution >= 0.6 is 0 Å². The molecular weight excluding hydrogens is 80.0 g/mol. The van der Waals surface area contributed by atoms with Gasteiger partial charge in [0.15, 0.2) is 0 Å². The number of rotatable bonds is 0. The van der Waals surface area contributed by atoms with E-state index in [1.165, 1.54) is 0 Å². The van der Waals surface area contributed by atoms with Crippen molar-refractivity contribution < 1.29 is 5.11 Å². The van der Waals surface area contributed by atoms with Crippen LogP contribution in [0.1, 0.15) is 0 Å². The van der Waals surface area contributed by atoms with Gasteiger partial charge in [-0.25, -0.2) is 5.43 Å². The highest BCUT2D eigenvalue weighted by Crippen LogP contribution is 1.80. The third kappa shape index (κ3) is 0.502. The lowest BCUT2D eigenvalue weighted by Crippen LogP contribution is -2.29. The van der Waals surface area contributed by atoms with Crippen molar-refractivity contribution in [1.29, 1.82) is 0 Å². The molecule has 1 heterocycles. The minimum absolute atomic E-state index is 0.495. The van der Waals surface area contributed by atoms with Gasteiger partial charge in [-0.15, -0.1) is 0 Å². The molecule has 3 nitrogen and oxygen atoms in total. The van der Waals surface area contributed by atoms with Crippen LogP contribution in [-0.2, 0) is 0 Å². The van der Waals surface area contributed by atoms with Crippen molar-refractivity contribution in [3.63, 3.8) is 0 Å². The zero-order valence-electron chi connectivity index (χ0n) is 3.18. The van der Waals surface area contributed by atoms with E-state index in [0.29, 0.717) is 0 Å². The maximum absolute atomic E-state index is 8.47. The van der Waals surface area contributed by atoms with Crippen molar-refractivity contribution in [3.05, 3.63) is 12.3 Å². The fourth-order valence-electron chi connectivity index (χ4n) is 0.321. The Morgan fingerprint density at radius 1 is 1.67 bits per heavy atom. The molecule has 1 atom stereocenters. The van der Waals surface area contributed by atoms with Crippen LogP contribution < -0.4 is 10.9 Å². The molecule has 0 saturated carbocycles. The van der Waals surface area contributed by atoms with Crippen LogP contribution in [0.5, 0.6) is 0 Å². The van der Waals surface area contributed by atoms with E-state index >= 15 is 0 Å². The number of aliphatic hydroxyl groups excluding tert-OH is 1. The maximum atomic E-state index is 8.47. The molecule has 0 aromatic carbocycles. The summed E-state index contributed by atoms with van der Waals surface area (Å²) in [5.41, 5.74) is 5.11. The van der Waals surface area contributed by atoms with Crippen molar-refractivity contribution in [1.82, 2.24) is 10.9 Å². The summed E-state index contributed by atoms with van der Waals surface area (Å²) in [6.45, 7) is 0. The molecule has 1 aliphatic heterocycles. The maximum Gasteiger partial charge on any atom is 0.142 e. The van der Waals surface area contributed by atoms with Crippen LogP contribution in [0, 0.1) is 0 Å². The van der Waals surface area contributed by atoms with E-state index < -0.39 is 6.23 Å². The number of nitrogens with one attached hydrogen (secondary N) is 2. The Morgan fingerprint density at radius 3 is 2.67 bits per heavy atom. The van der Waals surface area contributed by atoms with Crippen molar-refractivity contribution in [3.8, 4) is 0 Å². The molecule has 0 aliphatic carbocycles. The van der Waals surface area contributed by atoms with Crippen LogP contribution in [0.15, 0.2) is 12.3 Å². The van der Waals surface area contributed by atoms with Crippen LogP contribution in [0.3, 0.4) is 0 Å². The molecule has 0 saturated heterocycles. The predicted molar refractivity (Wildman–Crippen MR) is 21.4 cm³/mol. The van der Waals surface area contributed by atoms with Crippen LogP contribution in [0.4, 0.5) is 0 Å². The molecule has 0 spiro atoms. The first-order valence-corrected chi connectivity index (χ1v) is 1.75. The van der Waals surface area contributed by atoms with Crippen LogP contribution in [-0.4, -0.2) is 11.3 Å².